The van der Waals surface area contributed by atoms with Crippen molar-refractivity contribution in [2.75, 3.05) is 57.4 Å². The van der Waals surface area contributed by atoms with Crippen LogP contribution in [0, 0.1) is 11.6 Å². The number of hydrogen-bond donors (Lipinski definition) is 2. The molecule has 2 atom stereocenters. The van der Waals surface area contributed by atoms with Crippen LogP contribution >= 0.6 is 0 Å². The third-order valence-electron chi connectivity index (χ3n) is 8.05. The molecule has 0 aliphatic carbocycles. The van der Waals surface area contributed by atoms with Crippen molar-refractivity contribution in [2.45, 2.75) is 38.4 Å². The SMILES string of the molecule is CC(=O)NCCN1CCOc2ccc(COC3CN(C(=O)O)CCC3c3ccc(OCCCOc4cc(F)ccc4F)cc3)cc21. The summed E-state index contributed by atoms with van der Waals surface area (Å²) < 4.78 is 50.4. The highest BCUT2D eigenvalue weighted by Gasteiger charge is 2.33. The summed E-state index contributed by atoms with van der Waals surface area (Å²) in [5.74, 6) is 0.0319. The Kier molecular flexibility index (Phi) is 11.1. The van der Waals surface area contributed by atoms with Gasteiger partial charge in [-0.1, -0.05) is 18.2 Å². The molecule has 46 heavy (non-hydrogen) atoms. The lowest BCUT2D eigenvalue weighted by Gasteiger charge is -2.37. The maximum absolute atomic E-state index is 13.7. The fraction of sp³-hybridized carbons (Fsp3) is 0.412. The number of carbonyl (C=O) groups is 2. The number of piperidine rings is 1. The van der Waals surface area contributed by atoms with E-state index in [1.807, 2.05) is 42.5 Å². The van der Waals surface area contributed by atoms with E-state index in [-0.39, 0.29) is 36.8 Å². The summed E-state index contributed by atoms with van der Waals surface area (Å²) in [4.78, 5) is 26.7. The van der Waals surface area contributed by atoms with Gasteiger partial charge < -0.3 is 39.2 Å². The Morgan fingerprint density at radius 2 is 1.83 bits per heavy atom. The summed E-state index contributed by atoms with van der Waals surface area (Å²) >= 11 is 0. The summed E-state index contributed by atoms with van der Waals surface area (Å²) in [7, 11) is 0. The van der Waals surface area contributed by atoms with Crippen LogP contribution in [0.4, 0.5) is 19.3 Å². The minimum Gasteiger partial charge on any atom is -0.493 e. The zero-order valence-corrected chi connectivity index (χ0v) is 25.8. The van der Waals surface area contributed by atoms with Gasteiger partial charge in [-0.05, 0) is 53.9 Å². The maximum atomic E-state index is 13.7. The Morgan fingerprint density at radius 3 is 2.61 bits per heavy atom. The number of nitrogens with zero attached hydrogens (tertiary/aromatic N) is 2. The largest absolute Gasteiger partial charge is 0.493 e. The topological polar surface area (TPSA) is 110 Å². The smallest absolute Gasteiger partial charge is 0.407 e. The van der Waals surface area contributed by atoms with Gasteiger partial charge in [0.2, 0.25) is 5.91 Å². The summed E-state index contributed by atoms with van der Waals surface area (Å²) in [6.07, 6.45) is -0.246. The molecule has 0 aromatic heterocycles. The van der Waals surface area contributed by atoms with Crippen molar-refractivity contribution in [3.8, 4) is 17.2 Å². The van der Waals surface area contributed by atoms with Crippen LogP contribution in [0.25, 0.3) is 0 Å². The Hall–Kier alpha value is -4.58. The summed E-state index contributed by atoms with van der Waals surface area (Å²) in [5, 5.41) is 12.5. The van der Waals surface area contributed by atoms with Gasteiger partial charge in [0.25, 0.3) is 0 Å². The Balaban J connectivity index is 1.17. The van der Waals surface area contributed by atoms with E-state index in [4.69, 9.17) is 18.9 Å². The number of fused-ring (bicyclic) bond motifs is 1. The zero-order valence-electron chi connectivity index (χ0n) is 25.8. The first-order chi connectivity index (χ1) is 22.3. The number of rotatable bonds is 13. The van der Waals surface area contributed by atoms with E-state index < -0.39 is 17.7 Å². The van der Waals surface area contributed by atoms with Gasteiger partial charge in [0, 0.05) is 45.0 Å². The first-order valence-electron chi connectivity index (χ1n) is 15.4. The standard InChI is InChI=1S/C34H39F2N3O7/c1-23(40)37-12-14-38-15-18-45-31-10-3-24(19-30(31)38)22-46-33-21-39(34(41)42)13-11-28(33)25-4-7-27(8-5-25)43-16-2-17-44-32-20-26(35)6-9-29(32)36/h3-10,19-20,28,33H,2,11-18,21-22H2,1H3,(H,37,40)(H,41,42). The van der Waals surface area contributed by atoms with Gasteiger partial charge in [-0.25, -0.2) is 13.6 Å². The molecule has 0 saturated carbocycles. The number of carbonyl (C=O) groups excluding carboxylic acids is 1. The van der Waals surface area contributed by atoms with Crippen molar-refractivity contribution < 1.29 is 42.4 Å². The van der Waals surface area contributed by atoms with E-state index in [0.717, 1.165) is 40.8 Å². The Bertz CT molecular complexity index is 1490. The van der Waals surface area contributed by atoms with Crippen molar-refractivity contribution in [3.63, 3.8) is 0 Å². The predicted molar refractivity (Wildman–Crippen MR) is 167 cm³/mol. The van der Waals surface area contributed by atoms with Crippen LogP contribution in [-0.2, 0) is 16.1 Å². The van der Waals surface area contributed by atoms with Gasteiger partial charge >= 0.3 is 6.09 Å². The van der Waals surface area contributed by atoms with Crippen LogP contribution in [0.1, 0.15) is 36.8 Å². The molecule has 2 amide bonds. The van der Waals surface area contributed by atoms with E-state index >= 15 is 0 Å². The highest BCUT2D eigenvalue weighted by atomic mass is 19.1. The highest BCUT2D eigenvalue weighted by Crippen LogP contribution is 2.35. The minimum absolute atomic E-state index is 0.0191. The monoisotopic (exact) mass is 639 g/mol. The van der Waals surface area contributed by atoms with Crippen LogP contribution in [0.3, 0.4) is 0 Å². The van der Waals surface area contributed by atoms with Gasteiger partial charge in [0.15, 0.2) is 11.6 Å². The Labute approximate surface area is 266 Å². The lowest BCUT2D eigenvalue weighted by atomic mass is 9.87. The number of nitrogens with one attached hydrogen (secondary N) is 1. The number of likely N-dealkylation sites (tertiary alicyclic amines) is 1. The van der Waals surface area contributed by atoms with E-state index in [0.29, 0.717) is 64.6 Å². The van der Waals surface area contributed by atoms with Crippen LogP contribution in [-0.4, -0.2) is 80.7 Å². The number of hydrogen-bond acceptors (Lipinski definition) is 7. The molecule has 10 nitrogen and oxygen atoms in total. The van der Waals surface area contributed by atoms with E-state index in [1.54, 1.807) is 0 Å². The average Bonchev–Trinajstić information content (AvgIpc) is 3.05. The fourth-order valence-electron chi connectivity index (χ4n) is 5.68. The molecule has 1 saturated heterocycles. The number of amides is 2. The fourth-order valence-corrected chi connectivity index (χ4v) is 5.68. The van der Waals surface area contributed by atoms with Gasteiger partial charge in [-0.2, -0.15) is 0 Å². The second-order valence-corrected chi connectivity index (χ2v) is 11.3. The second kappa shape index (κ2) is 15.6. The molecule has 2 aliphatic heterocycles. The number of carboxylic acid groups (broad SMARTS) is 1. The molecule has 2 N–H and O–H groups in total. The van der Waals surface area contributed by atoms with Crippen LogP contribution in [0.2, 0.25) is 0 Å². The molecule has 0 bridgehead atoms. The molecule has 0 radical (unpaired) electrons. The van der Waals surface area contributed by atoms with E-state index in [2.05, 4.69) is 10.2 Å². The summed E-state index contributed by atoms with van der Waals surface area (Å²) in [5.41, 5.74) is 2.90. The van der Waals surface area contributed by atoms with E-state index in [9.17, 15) is 23.5 Å². The van der Waals surface area contributed by atoms with Gasteiger partial charge in [-0.15, -0.1) is 0 Å². The quantitative estimate of drug-likeness (QED) is 0.246. The molecule has 2 heterocycles. The summed E-state index contributed by atoms with van der Waals surface area (Å²) in [6, 6.07) is 16.6. The third kappa shape index (κ3) is 8.78. The van der Waals surface area contributed by atoms with Gasteiger partial charge in [0.1, 0.15) is 23.9 Å². The van der Waals surface area contributed by atoms with Crippen molar-refractivity contribution in [1.82, 2.24) is 10.2 Å². The molecule has 2 aliphatic rings. The first kappa shape index (κ1) is 32.8. The third-order valence-corrected chi connectivity index (χ3v) is 8.05. The summed E-state index contributed by atoms with van der Waals surface area (Å²) in [6.45, 7) is 5.40. The molecule has 3 aromatic rings. The second-order valence-electron chi connectivity index (χ2n) is 11.3. The maximum Gasteiger partial charge on any atom is 0.407 e. The molecular formula is C34H39F2N3O7. The number of anilines is 1. The average molecular weight is 640 g/mol. The minimum atomic E-state index is -0.972. The number of ether oxygens (including phenoxy) is 4. The lowest BCUT2D eigenvalue weighted by molar-refractivity contribution is -0.118. The van der Waals surface area contributed by atoms with Crippen molar-refractivity contribution in [2.24, 2.45) is 0 Å². The normalized spacial score (nSPS) is 17.5. The van der Waals surface area contributed by atoms with Crippen LogP contribution in [0.15, 0.2) is 60.7 Å². The van der Waals surface area contributed by atoms with Crippen molar-refractivity contribution in [3.05, 3.63) is 83.4 Å². The zero-order chi connectivity index (χ0) is 32.5. The highest BCUT2D eigenvalue weighted by molar-refractivity contribution is 5.73. The van der Waals surface area contributed by atoms with Crippen LogP contribution in [0.5, 0.6) is 17.2 Å². The van der Waals surface area contributed by atoms with Crippen molar-refractivity contribution in [1.29, 1.82) is 0 Å². The number of benzene rings is 3. The molecule has 246 valence electrons. The van der Waals surface area contributed by atoms with Gasteiger partial charge in [-0.3, -0.25) is 4.79 Å². The predicted octanol–water partition coefficient (Wildman–Crippen LogP) is 5.20. The first-order valence-corrected chi connectivity index (χ1v) is 15.4. The lowest BCUT2D eigenvalue weighted by Crippen LogP contribution is -2.46. The van der Waals surface area contributed by atoms with Gasteiger partial charge in [0.05, 0.1) is 44.7 Å². The number of halogens is 2. The molecule has 2 unspecified atom stereocenters. The molecule has 5 rings (SSSR count). The molecule has 0 spiro atoms. The Morgan fingerprint density at radius 1 is 1.02 bits per heavy atom. The molecular weight excluding hydrogens is 600 g/mol. The van der Waals surface area contributed by atoms with Crippen LogP contribution < -0.4 is 24.4 Å². The molecule has 1 fully saturated rings. The molecule has 3 aromatic carbocycles. The van der Waals surface area contributed by atoms with Crippen molar-refractivity contribution >= 4 is 17.7 Å². The molecule has 12 heteroatoms. The van der Waals surface area contributed by atoms with E-state index in [1.165, 1.54) is 11.8 Å².